The molecule has 5 nitrogen and oxygen atoms in total. The number of rotatable bonds is 7. The predicted octanol–water partition coefficient (Wildman–Crippen LogP) is 5.37. The van der Waals surface area contributed by atoms with Crippen molar-refractivity contribution in [3.63, 3.8) is 0 Å². The Kier molecular flexibility index (Phi) is 5.91. The van der Waals surface area contributed by atoms with Crippen LogP contribution in [-0.4, -0.2) is 23.6 Å². The van der Waals surface area contributed by atoms with Crippen molar-refractivity contribution in [2.45, 2.75) is 26.6 Å². The topological polar surface area (TPSA) is 61.6 Å². The Bertz CT molecular complexity index is 994. The van der Waals surface area contributed by atoms with Gasteiger partial charge in [0, 0.05) is 11.1 Å². The van der Waals surface area contributed by atoms with Crippen molar-refractivity contribution in [2.75, 3.05) is 6.61 Å². The van der Waals surface area contributed by atoms with Gasteiger partial charge in [-0.2, -0.15) is 13.2 Å². The van der Waals surface area contributed by atoms with E-state index in [0.29, 0.717) is 34.2 Å². The van der Waals surface area contributed by atoms with Crippen LogP contribution in [0.25, 0.3) is 11.5 Å². The third-order valence-electron chi connectivity index (χ3n) is 4.01. The quantitative estimate of drug-likeness (QED) is 0.495. The molecule has 0 aliphatic heterocycles. The molecule has 3 aromatic rings. The minimum atomic E-state index is -4.39. The van der Waals surface area contributed by atoms with Gasteiger partial charge in [0.2, 0.25) is 5.89 Å². The third-order valence-corrected chi connectivity index (χ3v) is 4.01. The lowest BCUT2D eigenvalue weighted by atomic mass is 10.1. The van der Waals surface area contributed by atoms with Gasteiger partial charge >= 0.3 is 6.18 Å². The Balaban J connectivity index is 1.67. The van der Waals surface area contributed by atoms with Gasteiger partial charge in [-0.3, -0.25) is 4.79 Å². The lowest BCUT2D eigenvalue weighted by Gasteiger charge is -2.08. The average Bonchev–Trinajstić information content (AvgIpc) is 3.05. The second kappa shape index (κ2) is 8.38. The van der Waals surface area contributed by atoms with E-state index in [1.54, 1.807) is 43.3 Å². The molecule has 29 heavy (non-hydrogen) atoms. The number of alkyl halides is 3. The normalized spacial score (nSPS) is 11.3. The summed E-state index contributed by atoms with van der Waals surface area (Å²) in [4.78, 5) is 15.8. The summed E-state index contributed by atoms with van der Waals surface area (Å²) in [5, 5.41) is 0. The van der Waals surface area contributed by atoms with Crippen LogP contribution in [0.3, 0.4) is 0 Å². The minimum absolute atomic E-state index is 0.0574. The average molecular weight is 405 g/mol. The standard InChI is InChI=1S/C21H18F3NO4/c1-13(26)16-4-3-5-18(10-16)27-11-19-14(2)29-20(25-19)15-6-8-17(9-7-15)28-12-21(22,23)24/h3-10H,11-12H2,1-2H3. The number of hydrogen-bond donors (Lipinski definition) is 0. The van der Waals surface area contributed by atoms with Crippen LogP contribution < -0.4 is 9.47 Å². The maximum Gasteiger partial charge on any atom is 0.422 e. The van der Waals surface area contributed by atoms with Gasteiger partial charge < -0.3 is 13.9 Å². The van der Waals surface area contributed by atoms with Crippen LogP contribution in [0.1, 0.15) is 28.7 Å². The Morgan fingerprint density at radius 3 is 2.45 bits per heavy atom. The van der Waals surface area contributed by atoms with Crippen molar-refractivity contribution in [3.05, 3.63) is 65.5 Å². The highest BCUT2D eigenvalue weighted by Crippen LogP contribution is 2.26. The number of aryl methyl sites for hydroxylation is 1. The fourth-order valence-electron chi connectivity index (χ4n) is 2.50. The Morgan fingerprint density at radius 1 is 1.07 bits per heavy atom. The van der Waals surface area contributed by atoms with E-state index in [2.05, 4.69) is 9.72 Å². The van der Waals surface area contributed by atoms with Crippen molar-refractivity contribution in [1.82, 2.24) is 4.98 Å². The van der Waals surface area contributed by atoms with E-state index in [-0.39, 0.29) is 18.1 Å². The lowest BCUT2D eigenvalue weighted by molar-refractivity contribution is -0.153. The molecule has 0 aliphatic carbocycles. The summed E-state index contributed by atoms with van der Waals surface area (Å²) in [7, 11) is 0. The van der Waals surface area contributed by atoms with Crippen molar-refractivity contribution < 1.29 is 31.9 Å². The van der Waals surface area contributed by atoms with Crippen LogP contribution in [-0.2, 0) is 6.61 Å². The van der Waals surface area contributed by atoms with Crippen LogP contribution in [0.15, 0.2) is 52.9 Å². The van der Waals surface area contributed by atoms with Gasteiger partial charge in [-0.05, 0) is 50.2 Å². The number of carbonyl (C=O) groups excluding carboxylic acids is 1. The zero-order chi connectivity index (χ0) is 21.0. The first kappa shape index (κ1) is 20.4. The molecule has 0 bridgehead atoms. The molecule has 0 N–H and O–H groups in total. The molecule has 0 fully saturated rings. The van der Waals surface area contributed by atoms with Gasteiger partial charge in [0.05, 0.1) is 0 Å². The number of ether oxygens (including phenoxy) is 2. The Morgan fingerprint density at radius 2 is 1.79 bits per heavy atom. The number of benzene rings is 2. The Hall–Kier alpha value is -3.29. The van der Waals surface area contributed by atoms with E-state index in [4.69, 9.17) is 9.15 Å². The van der Waals surface area contributed by atoms with Crippen molar-refractivity contribution in [1.29, 1.82) is 0 Å². The summed E-state index contributed by atoms with van der Waals surface area (Å²) in [5.41, 5.74) is 1.72. The maximum absolute atomic E-state index is 12.2. The summed E-state index contributed by atoms with van der Waals surface area (Å²) >= 11 is 0. The fraction of sp³-hybridized carbons (Fsp3) is 0.238. The number of hydrogen-bond acceptors (Lipinski definition) is 5. The van der Waals surface area contributed by atoms with Crippen LogP contribution in [0.4, 0.5) is 13.2 Å². The zero-order valence-electron chi connectivity index (χ0n) is 15.7. The predicted molar refractivity (Wildman–Crippen MR) is 99.0 cm³/mol. The summed E-state index contributed by atoms with van der Waals surface area (Å²) in [6.45, 7) is 2.01. The highest BCUT2D eigenvalue weighted by Gasteiger charge is 2.28. The molecule has 152 valence electrons. The van der Waals surface area contributed by atoms with Gasteiger partial charge in [-0.1, -0.05) is 12.1 Å². The summed E-state index contributed by atoms with van der Waals surface area (Å²) in [6, 6.07) is 12.8. The van der Waals surface area contributed by atoms with Crippen LogP contribution >= 0.6 is 0 Å². The molecule has 1 aromatic heterocycles. The monoisotopic (exact) mass is 405 g/mol. The van der Waals surface area contributed by atoms with Gasteiger partial charge in [0.15, 0.2) is 12.4 Å². The largest absolute Gasteiger partial charge is 0.487 e. The number of nitrogens with zero attached hydrogens (tertiary/aromatic N) is 1. The second-order valence-electron chi connectivity index (χ2n) is 6.32. The first-order valence-corrected chi connectivity index (χ1v) is 8.71. The van der Waals surface area contributed by atoms with E-state index in [9.17, 15) is 18.0 Å². The van der Waals surface area contributed by atoms with Gasteiger partial charge in [0.25, 0.3) is 0 Å². The fourth-order valence-corrected chi connectivity index (χ4v) is 2.50. The Labute approximate surface area is 165 Å². The molecule has 3 rings (SSSR count). The van der Waals surface area contributed by atoms with Crippen LogP contribution in [0, 0.1) is 6.92 Å². The van der Waals surface area contributed by atoms with Crippen LogP contribution in [0.5, 0.6) is 11.5 Å². The third kappa shape index (κ3) is 5.60. The van der Waals surface area contributed by atoms with Crippen molar-refractivity contribution >= 4 is 5.78 Å². The first-order chi connectivity index (χ1) is 13.7. The molecule has 0 saturated heterocycles. The number of ketones is 1. The summed E-state index contributed by atoms with van der Waals surface area (Å²) < 4.78 is 52.7. The molecule has 0 atom stereocenters. The molecule has 0 spiro atoms. The smallest absolute Gasteiger partial charge is 0.422 e. The summed E-state index contributed by atoms with van der Waals surface area (Å²) in [6.07, 6.45) is -4.39. The second-order valence-corrected chi connectivity index (χ2v) is 6.32. The molecule has 0 aliphatic rings. The van der Waals surface area contributed by atoms with E-state index >= 15 is 0 Å². The molecule has 2 aromatic carbocycles. The molecule has 8 heteroatoms. The molecule has 1 heterocycles. The molecular weight excluding hydrogens is 387 g/mol. The maximum atomic E-state index is 12.2. The molecule has 0 unspecified atom stereocenters. The lowest BCUT2D eigenvalue weighted by Crippen LogP contribution is -2.19. The number of aromatic nitrogens is 1. The number of oxazole rings is 1. The molecular formula is C21H18F3NO4. The van der Waals surface area contributed by atoms with E-state index in [1.807, 2.05) is 0 Å². The SMILES string of the molecule is CC(=O)c1cccc(OCc2nc(-c3ccc(OCC(F)(F)F)cc3)oc2C)c1. The molecule has 0 radical (unpaired) electrons. The number of carbonyl (C=O) groups is 1. The van der Waals surface area contributed by atoms with Crippen LogP contribution in [0.2, 0.25) is 0 Å². The number of Topliss-reactive ketones (excluding diaryl/α,β-unsaturated/α-hetero) is 1. The first-order valence-electron chi connectivity index (χ1n) is 8.71. The molecule has 0 amide bonds. The van der Waals surface area contributed by atoms with Gasteiger partial charge in [-0.15, -0.1) is 0 Å². The summed E-state index contributed by atoms with van der Waals surface area (Å²) in [5.74, 6) is 1.45. The molecule has 0 saturated carbocycles. The van der Waals surface area contributed by atoms with Gasteiger partial charge in [-0.25, -0.2) is 4.98 Å². The minimum Gasteiger partial charge on any atom is -0.487 e. The van der Waals surface area contributed by atoms with Crippen molar-refractivity contribution in [3.8, 4) is 23.0 Å². The van der Waals surface area contributed by atoms with Gasteiger partial charge in [0.1, 0.15) is 29.6 Å². The zero-order valence-corrected chi connectivity index (χ0v) is 15.7. The van der Waals surface area contributed by atoms with E-state index in [0.717, 1.165) is 0 Å². The number of halogens is 3. The highest BCUT2D eigenvalue weighted by atomic mass is 19.4. The van der Waals surface area contributed by atoms with Crippen molar-refractivity contribution in [2.24, 2.45) is 0 Å². The highest BCUT2D eigenvalue weighted by molar-refractivity contribution is 5.94. The van der Waals surface area contributed by atoms with E-state index in [1.165, 1.54) is 19.1 Å². The van der Waals surface area contributed by atoms with E-state index < -0.39 is 12.8 Å².